The van der Waals surface area contributed by atoms with E-state index in [-0.39, 0.29) is 39.7 Å². The summed E-state index contributed by atoms with van der Waals surface area (Å²) in [4.78, 5) is 22.5. The molecular weight excluding hydrogens is 514 g/mol. The van der Waals surface area contributed by atoms with Crippen molar-refractivity contribution in [3.63, 3.8) is 0 Å². The molecule has 0 aliphatic carbocycles. The molecule has 3 fully saturated rings. The number of rotatable bonds is 7. The van der Waals surface area contributed by atoms with Gasteiger partial charge in [-0.05, 0) is 56.3 Å². The van der Waals surface area contributed by atoms with Gasteiger partial charge in [-0.25, -0.2) is 13.8 Å². The Morgan fingerprint density at radius 2 is 1.93 bits per heavy atom. The first-order valence-electron chi connectivity index (χ1n) is 13.9. The van der Waals surface area contributed by atoms with Gasteiger partial charge >= 0.3 is 6.01 Å². The summed E-state index contributed by atoms with van der Waals surface area (Å²) < 4.78 is 37.6. The van der Waals surface area contributed by atoms with E-state index in [0.717, 1.165) is 58.4 Å². The molecule has 7 rings (SSSR count). The maximum atomic E-state index is 16.4. The SMILES string of the molecule is CN(CC1CNC1)c1nc(OCC23CCCN2CCC3)nc2c(F)c(-c3nc(N)cc4cccc(F)c34)ncc12. The average molecular weight is 547 g/mol. The Balaban J connectivity index is 1.34. The number of nitrogens with one attached hydrogen (secondary N) is 1. The van der Waals surface area contributed by atoms with E-state index in [1.807, 2.05) is 11.9 Å². The van der Waals surface area contributed by atoms with Gasteiger partial charge in [-0.3, -0.25) is 9.88 Å². The minimum absolute atomic E-state index is 0.00808. The van der Waals surface area contributed by atoms with Crippen molar-refractivity contribution >= 4 is 33.3 Å². The number of fused-ring (bicyclic) bond motifs is 3. The van der Waals surface area contributed by atoms with Crippen LogP contribution in [0.25, 0.3) is 33.1 Å². The second kappa shape index (κ2) is 9.74. The van der Waals surface area contributed by atoms with Crippen molar-refractivity contribution in [2.75, 3.05) is 57.0 Å². The molecule has 3 aliphatic heterocycles. The molecule has 208 valence electrons. The normalized spacial score (nSPS) is 18.8. The molecule has 11 heteroatoms. The molecule has 0 bridgehead atoms. The van der Waals surface area contributed by atoms with Gasteiger partial charge in [-0.1, -0.05) is 12.1 Å². The van der Waals surface area contributed by atoms with Crippen molar-refractivity contribution in [1.29, 1.82) is 0 Å². The highest BCUT2D eigenvalue weighted by atomic mass is 19.1. The van der Waals surface area contributed by atoms with Gasteiger partial charge in [0.25, 0.3) is 0 Å². The molecule has 6 heterocycles. The van der Waals surface area contributed by atoms with Gasteiger partial charge in [0.05, 0.1) is 10.9 Å². The summed E-state index contributed by atoms with van der Waals surface area (Å²) in [6.07, 6.45) is 5.97. The molecule has 4 aromatic rings. The monoisotopic (exact) mass is 546 g/mol. The van der Waals surface area contributed by atoms with E-state index >= 15 is 4.39 Å². The summed E-state index contributed by atoms with van der Waals surface area (Å²) in [5.41, 5.74) is 6.00. The standard InChI is InChI=1S/C29H32F2N8O/c1-38(15-17-12-33-13-17)27-19-14-34-26(25-22-18(11-21(32)35-25)5-2-6-20(22)30)23(31)24(19)36-28(37-27)40-16-29-7-3-9-39(29)10-4-8-29/h2,5-6,11,14,17,33H,3-4,7-10,12-13,15-16H2,1H3,(H2,32,35). The first kappa shape index (κ1) is 25.3. The predicted molar refractivity (Wildman–Crippen MR) is 150 cm³/mol. The van der Waals surface area contributed by atoms with Crippen molar-refractivity contribution < 1.29 is 13.5 Å². The zero-order valence-electron chi connectivity index (χ0n) is 22.5. The number of ether oxygens (including phenoxy) is 1. The maximum Gasteiger partial charge on any atom is 0.319 e. The van der Waals surface area contributed by atoms with Crippen LogP contribution in [0.1, 0.15) is 25.7 Å². The Morgan fingerprint density at radius 1 is 1.12 bits per heavy atom. The number of pyridine rings is 2. The fraction of sp³-hybridized carbons (Fsp3) is 0.448. The first-order valence-corrected chi connectivity index (χ1v) is 13.9. The highest BCUT2D eigenvalue weighted by Crippen LogP contribution is 2.40. The largest absolute Gasteiger partial charge is 0.461 e. The number of nitrogens with zero attached hydrogens (tertiary/aromatic N) is 6. The Morgan fingerprint density at radius 3 is 2.67 bits per heavy atom. The molecule has 0 amide bonds. The van der Waals surface area contributed by atoms with Crippen LogP contribution < -0.4 is 20.7 Å². The molecule has 3 N–H and O–H groups in total. The van der Waals surface area contributed by atoms with Gasteiger partial charge in [-0.2, -0.15) is 9.97 Å². The van der Waals surface area contributed by atoms with E-state index in [1.165, 1.54) is 12.3 Å². The summed E-state index contributed by atoms with van der Waals surface area (Å²) in [5, 5.41) is 4.42. The third kappa shape index (κ3) is 4.19. The summed E-state index contributed by atoms with van der Waals surface area (Å²) in [5.74, 6) is -0.0821. The zero-order chi connectivity index (χ0) is 27.4. The Bertz CT molecular complexity index is 1600. The summed E-state index contributed by atoms with van der Waals surface area (Å²) in [6, 6.07) is 6.29. The fourth-order valence-corrected chi connectivity index (χ4v) is 6.61. The number of nitrogens with two attached hydrogens (primary N) is 1. The van der Waals surface area contributed by atoms with E-state index in [9.17, 15) is 4.39 Å². The smallest absolute Gasteiger partial charge is 0.319 e. The number of benzene rings is 1. The van der Waals surface area contributed by atoms with Crippen LogP contribution in [0.5, 0.6) is 6.01 Å². The third-order valence-electron chi connectivity index (χ3n) is 8.74. The first-order chi connectivity index (χ1) is 19.4. The molecule has 1 aromatic carbocycles. The molecule has 0 radical (unpaired) electrons. The number of halogens is 2. The molecule has 0 saturated carbocycles. The van der Waals surface area contributed by atoms with Crippen molar-refractivity contribution in [1.82, 2.24) is 30.2 Å². The van der Waals surface area contributed by atoms with Crippen molar-refractivity contribution in [3.8, 4) is 17.4 Å². The lowest BCUT2D eigenvalue weighted by molar-refractivity contribution is 0.108. The van der Waals surface area contributed by atoms with Crippen molar-refractivity contribution in [2.45, 2.75) is 31.2 Å². The molecule has 0 spiro atoms. The quantitative estimate of drug-likeness (QED) is 0.358. The maximum absolute atomic E-state index is 16.4. The fourth-order valence-electron chi connectivity index (χ4n) is 6.61. The van der Waals surface area contributed by atoms with Gasteiger partial charge in [0.15, 0.2) is 5.82 Å². The number of anilines is 2. The third-order valence-corrected chi connectivity index (χ3v) is 8.74. The van der Waals surface area contributed by atoms with E-state index < -0.39 is 11.6 Å². The number of hydrogen-bond donors (Lipinski definition) is 2. The van der Waals surface area contributed by atoms with Crippen LogP contribution in [0.4, 0.5) is 20.4 Å². The second-order valence-electron chi connectivity index (χ2n) is 11.4. The van der Waals surface area contributed by atoms with Crippen molar-refractivity contribution in [2.24, 2.45) is 5.92 Å². The highest BCUT2D eigenvalue weighted by molar-refractivity contribution is 5.98. The Kier molecular flexibility index (Phi) is 6.16. The van der Waals surface area contributed by atoms with E-state index in [2.05, 4.69) is 25.2 Å². The van der Waals surface area contributed by atoms with Crippen LogP contribution in [0, 0.1) is 17.6 Å². The summed E-state index contributed by atoms with van der Waals surface area (Å²) >= 11 is 0. The highest BCUT2D eigenvalue weighted by Gasteiger charge is 2.45. The Hall–Kier alpha value is -3.70. The molecule has 9 nitrogen and oxygen atoms in total. The van der Waals surface area contributed by atoms with E-state index in [4.69, 9.17) is 15.5 Å². The van der Waals surface area contributed by atoms with Crippen LogP contribution in [0.2, 0.25) is 0 Å². The summed E-state index contributed by atoms with van der Waals surface area (Å²) in [6.45, 7) is 5.20. The van der Waals surface area contributed by atoms with E-state index in [0.29, 0.717) is 29.1 Å². The predicted octanol–water partition coefficient (Wildman–Crippen LogP) is 3.76. The van der Waals surface area contributed by atoms with Crippen LogP contribution in [-0.2, 0) is 0 Å². The topological polar surface area (TPSA) is 105 Å². The Labute approximate surface area is 230 Å². The molecule has 0 atom stereocenters. The molecular formula is C29H32F2N8O. The lowest BCUT2D eigenvalue weighted by Gasteiger charge is -2.33. The second-order valence-corrected chi connectivity index (χ2v) is 11.4. The van der Waals surface area contributed by atoms with Gasteiger partial charge < -0.3 is 20.7 Å². The van der Waals surface area contributed by atoms with Crippen LogP contribution in [0.15, 0.2) is 30.5 Å². The molecule has 40 heavy (non-hydrogen) atoms. The molecule has 3 saturated heterocycles. The lowest BCUT2D eigenvalue weighted by Crippen LogP contribution is -2.47. The van der Waals surface area contributed by atoms with Gasteiger partial charge in [-0.15, -0.1) is 0 Å². The van der Waals surface area contributed by atoms with E-state index in [1.54, 1.807) is 18.2 Å². The van der Waals surface area contributed by atoms with Gasteiger partial charge in [0.1, 0.15) is 41.0 Å². The van der Waals surface area contributed by atoms with Crippen LogP contribution >= 0.6 is 0 Å². The summed E-state index contributed by atoms with van der Waals surface area (Å²) in [7, 11) is 1.94. The number of nitrogen functional groups attached to an aromatic ring is 1. The average Bonchev–Trinajstić information content (AvgIpc) is 3.50. The molecule has 3 aromatic heterocycles. The van der Waals surface area contributed by atoms with Gasteiger partial charge in [0, 0.05) is 44.2 Å². The molecule has 0 unspecified atom stereocenters. The molecule has 3 aliphatic rings. The number of aromatic nitrogens is 4. The zero-order valence-corrected chi connectivity index (χ0v) is 22.5. The minimum atomic E-state index is -0.714. The van der Waals surface area contributed by atoms with Gasteiger partial charge in [0.2, 0.25) is 0 Å². The minimum Gasteiger partial charge on any atom is -0.461 e. The van der Waals surface area contributed by atoms with Crippen LogP contribution in [-0.4, -0.2) is 76.8 Å². The van der Waals surface area contributed by atoms with Crippen LogP contribution in [0.3, 0.4) is 0 Å². The lowest BCUT2D eigenvalue weighted by atomic mass is 9.95. The van der Waals surface area contributed by atoms with Crippen molar-refractivity contribution in [3.05, 3.63) is 42.1 Å². The number of hydrogen-bond acceptors (Lipinski definition) is 9.